The van der Waals surface area contributed by atoms with Crippen LogP contribution in [0.3, 0.4) is 0 Å². The summed E-state index contributed by atoms with van der Waals surface area (Å²) in [6.45, 7) is 1.11. The molecule has 2 N–H and O–H groups in total. The van der Waals surface area contributed by atoms with Crippen LogP contribution in [0, 0.1) is 0 Å². The van der Waals surface area contributed by atoms with Crippen molar-refractivity contribution in [1.82, 2.24) is 14.8 Å². The van der Waals surface area contributed by atoms with Gasteiger partial charge in [-0.1, -0.05) is 23.7 Å². The van der Waals surface area contributed by atoms with Gasteiger partial charge in [-0.25, -0.2) is 0 Å². The van der Waals surface area contributed by atoms with Gasteiger partial charge in [-0.15, -0.1) is 0 Å². The fourth-order valence-corrected chi connectivity index (χ4v) is 5.55. The number of pyridine rings is 1. The number of aliphatic hydroxyl groups is 1. The lowest BCUT2D eigenvalue weighted by atomic mass is 10.0. The highest BCUT2D eigenvalue weighted by molar-refractivity contribution is 7.07. The molecule has 2 aromatic heterocycles. The minimum absolute atomic E-state index is 0.0202. The van der Waals surface area contributed by atoms with Crippen molar-refractivity contribution in [1.29, 1.82) is 0 Å². The van der Waals surface area contributed by atoms with Crippen LogP contribution in [-0.2, 0) is 24.4 Å². The highest BCUT2D eigenvalue weighted by Crippen LogP contribution is 2.31. The van der Waals surface area contributed by atoms with Gasteiger partial charge in [-0.3, -0.25) is 19.3 Å². The molecule has 196 valence electrons. The van der Waals surface area contributed by atoms with Gasteiger partial charge in [0.1, 0.15) is 12.1 Å². The second kappa shape index (κ2) is 10.7. The summed E-state index contributed by atoms with van der Waals surface area (Å²) in [6.07, 6.45) is 0.835. The van der Waals surface area contributed by atoms with Crippen molar-refractivity contribution in [2.75, 3.05) is 25.5 Å². The number of anilines is 1. The normalized spacial score (nSPS) is 13.8. The molecule has 10 heteroatoms. The second-order valence-electron chi connectivity index (χ2n) is 9.54. The van der Waals surface area contributed by atoms with Gasteiger partial charge in [0.2, 0.25) is 11.3 Å². The molecule has 2 aromatic carbocycles. The lowest BCUT2D eigenvalue weighted by Gasteiger charge is -2.29. The predicted molar refractivity (Wildman–Crippen MR) is 150 cm³/mol. The first-order valence-corrected chi connectivity index (χ1v) is 13.4. The first-order chi connectivity index (χ1) is 18.2. The topological polar surface area (TPSA) is 94.9 Å². The molecule has 5 rings (SSSR count). The number of halogens is 1. The van der Waals surface area contributed by atoms with Crippen molar-refractivity contribution in [3.8, 4) is 0 Å². The molecule has 0 spiro atoms. The van der Waals surface area contributed by atoms with E-state index in [0.717, 1.165) is 16.7 Å². The summed E-state index contributed by atoms with van der Waals surface area (Å²) in [6, 6.07) is 12.6. The Morgan fingerprint density at radius 1 is 1.18 bits per heavy atom. The molecule has 8 nitrogen and oxygen atoms in total. The average Bonchev–Trinajstić information content (AvgIpc) is 3.43. The second-order valence-corrected chi connectivity index (χ2v) is 10.8. The van der Waals surface area contributed by atoms with Crippen LogP contribution in [-0.4, -0.2) is 47.0 Å². The predicted octanol–water partition coefficient (Wildman–Crippen LogP) is 3.79. The Balaban J connectivity index is 1.47. The summed E-state index contributed by atoms with van der Waals surface area (Å²) < 4.78 is 1.68. The Kier molecular flexibility index (Phi) is 7.36. The van der Waals surface area contributed by atoms with Crippen molar-refractivity contribution in [3.63, 3.8) is 0 Å². The molecule has 0 radical (unpaired) electrons. The maximum Gasteiger partial charge on any atom is 0.257 e. The summed E-state index contributed by atoms with van der Waals surface area (Å²) in [5.41, 5.74) is 3.33. The van der Waals surface area contributed by atoms with Crippen LogP contribution in [0.4, 0.5) is 5.69 Å². The van der Waals surface area contributed by atoms with E-state index in [0.29, 0.717) is 34.7 Å². The SMILES string of the molecule is CN(Cc1cc2c3c(c1)c(=O)c(C(=O)NCc1ccc(Cl)cc1)cn3CC(=O)N2C)C[C@@H](O)c1ccsc1. The Bertz CT molecular complexity index is 1570. The summed E-state index contributed by atoms with van der Waals surface area (Å²) in [4.78, 5) is 43.0. The maximum atomic E-state index is 13.6. The lowest BCUT2D eigenvalue weighted by Crippen LogP contribution is -2.37. The third kappa shape index (κ3) is 5.23. The van der Waals surface area contributed by atoms with Crippen LogP contribution < -0.4 is 15.6 Å². The summed E-state index contributed by atoms with van der Waals surface area (Å²) in [5, 5.41) is 18.2. The van der Waals surface area contributed by atoms with Crippen molar-refractivity contribution < 1.29 is 14.7 Å². The molecule has 0 saturated carbocycles. The van der Waals surface area contributed by atoms with Crippen LogP contribution >= 0.6 is 22.9 Å². The highest BCUT2D eigenvalue weighted by atomic mass is 35.5. The van der Waals surface area contributed by atoms with E-state index in [9.17, 15) is 19.5 Å². The molecule has 3 heterocycles. The van der Waals surface area contributed by atoms with Crippen molar-refractivity contribution in [3.05, 3.63) is 96.9 Å². The van der Waals surface area contributed by atoms with Crippen molar-refractivity contribution in [2.45, 2.75) is 25.7 Å². The fourth-order valence-electron chi connectivity index (χ4n) is 4.72. The van der Waals surface area contributed by atoms with Crippen LogP contribution in [0.25, 0.3) is 10.9 Å². The van der Waals surface area contributed by atoms with Crippen molar-refractivity contribution in [2.24, 2.45) is 0 Å². The number of amides is 2. The molecule has 0 aliphatic carbocycles. The van der Waals surface area contributed by atoms with Gasteiger partial charge in [-0.05, 0) is 64.8 Å². The molecule has 0 saturated heterocycles. The molecule has 4 aromatic rings. The fraction of sp³-hybridized carbons (Fsp3) is 0.250. The molecule has 0 fully saturated rings. The number of likely N-dealkylation sites (N-methyl/N-ethyl adjacent to an activating group) is 2. The number of benzene rings is 2. The van der Waals surface area contributed by atoms with Gasteiger partial charge in [0.05, 0.1) is 17.3 Å². The van der Waals surface area contributed by atoms with Crippen LogP contribution in [0.2, 0.25) is 5.02 Å². The zero-order chi connectivity index (χ0) is 27.0. The van der Waals surface area contributed by atoms with Crippen molar-refractivity contribution >= 4 is 51.3 Å². The zero-order valence-electron chi connectivity index (χ0n) is 21.0. The Morgan fingerprint density at radius 3 is 2.66 bits per heavy atom. The zero-order valence-corrected chi connectivity index (χ0v) is 22.6. The number of aliphatic hydroxyl groups excluding tert-OH is 1. The average molecular weight is 551 g/mol. The third-order valence-electron chi connectivity index (χ3n) is 6.73. The number of nitrogens with zero attached hydrogens (tertiary/aromatic N) is 3. The first-order valence-electron chi connectivity index (χ1n) is 12.1. The van der Waals surface area contributed by atoms with E-state index in [1.165, 1.54) is 17.5 Å². The Morgan fingerprint density at radius 2 is 1.95 bits per heavy atom. The smallest absolute Gasteiger partial charge is 0.257 e. The number of nitrogens with one attached hydrogen (secondary N) is 1. The van der Waals surface area contributed by atoms with Crippen LogP contribution in [0.1, 0.15) is 33.2 Å². The molecule has 1 atom stereocenters. The largest absolute Gasteiger partial charge is 0.387 e. The summed E-state index contributed by atoms with van der Waals surface area (Å²) in [7, 11) is 3.57. The molecule has 38 heavy (non-hydrogen) atoms. The Hall–Kier alpha value is -3.50. The van der Waals surface area contributed by atoms with Crippen LogP contribution in [0.15, 0.2) is 64.2 Å². The monoisotopic (exact) mass is 550 g/mol. The number of hydrogen-bond acceptors (Lipinski definition) is 6. The Labute approximate surface area is 228 Å². The number of aromatic nitrogens is 1. The molecule has 1 aliphatic heterocycles. The number of carbonyl (C=O) groups is 2. The van der Waals surface area contributed by atoms with Gasteiger partial charge in [-0.2, -0.15) is 11.3 Å². The maximum absolute atomic E-state index is 13.6. The van der Waals surface area contributed by atoms with Gasteiger partial charge in [0.25, 0.3) is 5.91 Å². The number of rotatable bonds is 8. The quantitative estimate of drug-likeness (QED) is 0.348. The van der Waals surface area contributed by atoms with Gasteiger partial charge < -0.3 is 19.9 Å². The third-order valence-corrected chi connectivity index (χ3v) is 7.68. The number of hydrogen-bond donors (Lipinski definition) is 2. The molecule has 0 unspecified atom stereocenters. The summed E-state index contributed by atoms with van der Waals surface area (Å²) in [5.74, 6) is -0.654. The summed E-state index contributed by atoms with van der Waals surface area (Å²) >= 11 is 7.47. The molecular weight excluding hydrogens is 524 g/mol. The van der Waals surface area contributed by atoms with E-state index < -0.39 is 17.4 Å². The van der Waals surface area contributed by atoms with Gasteiger partial charge >= 0.3 is 0 Å². The van der Waals surface area contributed by atoms with E-state index in [4.69, 9.17) is 11.6 Å². The van der Waals surface area contributed by atoms with Gasteiger partial charge in [0, 0.05) is 43.3 Å². The molecule has 1 aliphatic rings. The standard InChI is InChI=1S/C28H27ClN4O4S/c1-31(14-24(34)19-7-8-38-16-19)12-18-9-21-26-23(10-18)32(2)25(35)15-33(26)13-22(27(21)36)28(37)30-11-17-3-5-20(29)6-4-17/h3-10,13,16,24,34H,11-12,14-15H2,1-2H3,(H,30,37)/t24-/m1/s1. The van der Waals surface area contributed by atoms with E-state index in [2.05, 4.69) is 5.32 Å². The minimum atomic E-state index is -0.637. The molecule has 0 bridgehead atoms. The minimum Gasteiger partial charge on any atom is -0.387 e. The lowest BCUT2D eigenvalue weighted by molar-refractivity contribution is -0.119. The van der Waals surface area contributed by atoms with Crippen LogP contribution in [0.5, 0.6) is 0 Å². The molecule has 2 amide bonds. The number of carbonyl (C=O) groups excluding carboxylic acids is 2. The van der Waals surface area contributed by atoms with E-state index in [-0.39, 0.29) is 24.6 Å². The van der Waals surface area contributed by atoms with E-state index in [1.807, 2.05) is 34.8 Å². The van der Waals surface area contributed by atoms with E-state index >= 15 is 0 Å². The molecular formula is C28H27ClN4O4S. The number of thiophene rings is 1. The van der Waals surface area contributed by atoms with E-state index in [1.54, 1.807) is 46.8 Å². The highest BCUT2D eigenvalue weighted by Gasteiger charge is 2.27. The van der Waals surface area contributed by atoms with Gasteiger partial charge in [0.15, 0.2) is 0 Å². The first kappa shape index (κ1) is 26.1.